The number of nitrogens with one attached hydrogen (secondary N) is 2. The summed E-state index contributed by atoms with van der Waals surface area (Å²) < 4.78 is 4.53. The van der Waals surface area contributed by atoms with Gasteiger partial charge in [0.05, 0.1) is 13.2 Å². The molecule has 0 unspecified atom stereocenters. The summed E-state index contributed by atoms with van der Waals surface area (Å²) in [6.07, 6.45) is 1.48. The first kappa shape index (κ1) is 22.6. The summed E-state index contributed by atoms with van der Waals surface area (Å²) in [5.41, 5.74) is 0.796. The Bertz CT molecular complexity index is 1100. The average molecular weight is 433 g/mol. The summed E-state index contributed by atoms with van der Waals surface area (Å²) in [5.74, 6) is -1.61. The van der Waals surface area contributed by atoms with Crippen LogP contribution in [0.1, 0.15) is 57.4 Å². The number of benzene rings is 2. The lowest BCUT2D eigenvalue weighted by atomic mass is 9.98. The SMILES string of the molecule is COC(=O)CCCC(=O)c1ncc(C(=O)NC(c2ccccc2)c2ccccc2)c(=O)[nH]1. The maximum Gasteiger partial charge on any atom is 0.305 e. The second kappa shape index (κ2) is 10.8. The van der Waals surface area contributed by atoms with Crippen molar-refractivity contribution in [1.29, 1.82) is 0 Å². The molecule has 164 valence electrons. The summed E-state index contributed by atoms with van der Waals surface area (Å²) in [6, 6.07) is 18.3. The first-order chi connectivity index (χ1) is 15.5. The highest BCUT2D eigenvalue weighted by Gasteiger charge is 2.21. The molecular formula is C24H23N3O5. The maximum absolute atomic E-state index is 12.9. The fourth-order valence-electron chi connectivity index (χ4n) is 3.17. The van der Waals surface area contributed by atoms with E-state index in [1.54, 1.807) is 0 Å². The molecule has 2 N–H and O–H groups in total. The van der Waals surface area contributed by atoms with E-state index in [1.165, 1.54) is 7.11 Å². The van der Waals surface area contributed by atoms with Crippen molar-refractivity contribution in [2.75, 3.05) is 7.11 Å². The van der Waals surface area contributed by atoms with E-state index in [1.807, 2.05) is 60.7 Å². The monoisotopic (exact) mass is 433 g/mol. The largest absolute Gasteiger partial charge is 0.469 e. The molecule has 1 aromatic heterocycles. The number of carbonyl (C=O) groups excluding carboxylic acids is 3. The number of ketones is 1. The van der Waals surface area contributed by atoms with Crippen molar-refractivity contribution < 1.29 is 19.1 Å². The normalized spacial score (nSPS) is 10.6. The van der Waals surface area contributed by atoms with Crippen molar-refractivity contribution in [2.24, 2.45) is 0 Å². The van der Waals surface area contributed by atoms with Crippen LogP contribution in [0.2, 0.25) is 0 Å². The smallest absolute Gasteiger partial charge is 0.305 e. The van der Waals surface area contributed by atoms with E-state index in [4.69, 9.17) is 0 Å². The van der Waals surface area contributed by atoms with Crippen LogP contribution in [-0.4, -0.2) is 34.7 Å². The quantitative estimate of drug-likeness (QED) is 0.396. The minimum Gasteiger partial charge on any atom is -0.469 e. The van der Waals surface area contributed by atoms with Gasteiger partial charge in [0.2, 0.25) is 0 Å². The Hall–Kier alpha value is -4.07. The Morgan fingerprint density at radius 1 is 0.969 bits per heavy atom. The van der Waals surface area contributed by atoms with Crippen LogP contribution in [-0.2, 0) is 9.53 Å². The summed E-state index contributed by atoms with van der Waals surface area (Å²) >= 11 is 0. The van der Waals surface area contributed by atoms with Crippen LogP contribution in [0.25, 0.3) is 0 Å². The standard InChI is InChI=1S/C24H23N3O5/c1-32-20(29)14-8-13-19(28)22-25-15-18(24(31)27-22)23(30)26-21(16-9-4-2-5-10-16)17-11-6-3-7-12-17/h2-7,9-12,15,21H,8,13-14H2,1H3,(H,26,30)(H,25,27,31). The van der Waals surface area contributed by atoms with E-state index in [0.717, 1.165) is 17.3 Å². The highest BCUT2D eigenvalue weighted by Crippen LogP contribution is 2.22. The number of ether oxygens (including phenoxy) is 1. The molecule has 3 aromatic rings. The number of H-pyrrole nitrogens is 1. The molecule has 2 aromatic carbocycles. The number of esters is 1. The third-order valence-electron chi connectivity index (χ3n) is 4.86. The van der Waals surface area contributed by atoms with Gasteiger partial charge in [-0.2, -0.15) is 0 Å². The van der Waals surface area contributed by atoms with E-state index in [-0.39, 0.29) is 30.7 Å². The molecule has 32 heavy (non-hydrogen) atoms. The van der Waals surface area contributed by atoms with Crippen LogP contribution in [0.3, 0.4) is 0 Å². The fraction of sp³-hybridized carbons (Fsp3) is 0.208. The Morgan fingerprint density at radius 2 is 1.56 bits per heavy atom. The molecule has 8 heteroatoms. The minimum atomic E-state index is -0.714. The molecule has 0 radical (unpaired) electrons. The number of nitrogens with zero attached hydrogens (tertiary/aromatic N) is 1. The van der Waals surface area contributed by atoms with Gasteiger partial charge >= 0.3 is 5.97 Å². The Labute approximate surface area is 184 Å². The number of aromatic amines is 1. The van der Waals surface area contributed by atoms with Gasteiger partial charge in [-0.3, -0.25) is 19.2 Å². The van der Waals surface area contributed by atoms with Gasteiger partial charge in [-0.15, -0.1) is 0 Å². The van der Waals surface area contributed by atoms with Gasteiger partial charge in [0.1, 0.15) is 5.56 Å². The first-order valence-electron chi connectivity index (χ1n) is 10.1. The number of carbonyl (C=O) groups is 3. The minimum absolute atomic E-state index is 0.0215. The number of aromatic nitrogens is 2. The van der Waals surface area contributed by atoms with Gasteiger partial charge in [0.15, 0.2) is 11.6 Å². The lowest BCUT2D eigenvalue weighted by Gasteiger charge is -2.19. The summed E-state index contributed by atoms with van der Waals surface area (Å²) in [7, 11) is 1.27. The number of amides is 1. The van der Waals surface area contributed by atoms with Crippen molar-refractivity contribution in [3.8, 4) is 0 Å². The van der Waals surface area contributed by atoms with Crippen LogP contribution >= 0.6 is 0 Å². The van der Waals surface area contributed by atoms with Gasteiger partial charge in [-0.25, -0.2) is 4.98 Å². The summed E-state index contributed by atoms with van der Waals surface area (Å²) in [4.78, 5) is 55.0. The lowest BCUT2D eigenvalue weighted by molar-refractivity contribution is -0.140. The van der Waals surface area contributed by atoms with Gasteiger partial charge < -0.3 is 15.0 Å². The van der Waals surface area contributed by atoms with E-state index in [0.29, 0.717) is 0 Å². The van der Waals surface area contributed by atoms with E-state index >= 15 is 0 Å². The number of Topliss-reactive ketones (excluding diaryl/α,β-unsaturated/α-hetero) is 1. The number of rotatable bonds is 9. The second-order valence-corrected chi connectivity index (χ2v) is 7.06. The van der Waals surface area contributed by atoms with Crippen molar-refractivity contribution in [1.82, 2.24) is 15.3 Å². The van der Waals surface area contributed by atoms with Gasteiger partial charge in [-0.05, 0) is 17.5 Å². The molecule has 3 rings (SSSR count). The Kier molecular flexibility index (Phi) is 7.64. The molecule has 1 amide bonds. The lowest BCUT2D eigenvalue weighted by Crippen LogP contribution is -2.34. The average Bonchev–Trinajstić information content (AvgIpc) is 2.83. The van der Waals surface area contributed by atoms with Crippen molar-refractivity contribution in [3.05, 3.63) is 99.7 Å². The van der Waals surface area contributed by atoms with Crippen molar-refractivity contribution in [3.63, 3.8) is 0 Å². The van der Waals surface area contributed by atoms with E-state index < -0.39 is 29.3 Å². The fourth-order valence-corrected chi connectivity index (χ4v) is 3.17. The highest BCUT2D eigenvalue weighted by atomic mass is 16.5. The van der Waals surface area contributed by atoms with Crippen LogP contribution in [0.4, 0.5) is 0 Å². The van der Waals surface area contributed by atoms with Crippen LogP contribution in [0.5, 0.6) is 0 Å². The number of hydrogen-bond acceptors (Lipinski definition) is 6. The molecule has 0 fully saturated rings. The third kappa shape index (κ3) is 5.75. The zero-order chi connectivity index (χ0) is 22.9. The first-order valence-corrected chi connectivity index (χ1v) is 10.1. The second-order valence-electron chi connectivity index (χ2n) is 7.06. The van der Waals surface area contributed by atoms with Crippen LogP contribution in [0.15, 0.2) is 71.7 Å². The molecule has 0 saturated carbocycles. The molecule has 0 saturated heterocycles. The van der Waals surface area contributed by atoms with E-state index in [9.17, 15) is 19.2 Å². The van der Waals surface area contributed by atoms with Crippen LogP contribution in [0, 0.1) is 0 Å². The molecule has 0 bridgehead atoms. The topological polar surface area (TPSA) is 118 Å². The van der Waals surface area contributed by atoms with Crippen molar-refractivity contribution in [2.45, 2.75) is 25.3 Å². The van der Waals surface area contributed by atoms with E-state index in [2.05, 4.69) is 20.0 Å². The third-order valence-corrected chi connectivity index (χ3v) is 4.86. The zero-order valence-electron chi connectivity index (χ0n) is 17.5. The Balaban J connectivity index is 1.76. The molecule has 0 aliphatic rings. The number of methoxy groups -OCH3 is 1. The molecule has 8 nitrogen and oxygen atoms in total. The highest BCUT2D eigenvalue weighted by molar-refractivity contribution is 5.95. The van der Waals surface area contributed by atoms with Gasteiger partial charge in [0.25, 0.3) is 11.5 Å². The molecular weight excluding hydrogens is 410 g/mol. The summed E-state index contributed by atoms with van der Waals surface area (Å²) in [5, 5.41) is 2.87. The molecule has 1 heterocycles. The predicted octanol–water partition coefficient (Wildman–Crippen LogP) is 2.82. The molecule has 0 aliphatic heterocycles. The Morgan fingerprint density at radius 3 is 2.09 bits per heavy atom. The zero-order valence-corrected chi connectivity index (χ0v) is 17.5. The number of hydrogen-bond donors (Lipinski definition) is 2. The molecule has 0 aliphatic carbocycles. The van der Waals surface area contributed by atoms with Gasteiger partial charge in [0, 0.05) is 19.0 Å². The predicted molar refractivity (Wildman–Crippen MR) is 117 cm³/mol. The van der Waals surface area contributed by atoms with Crippen LogP contribution < -0.4 is 10.9 Å². The molecule has 0 spiro atoms. The maximum atomic E-state index is 12.9. The molecule has 0 atom stereocenters. The summed E-state index contributed by atoms with van der Waals surface area (Å²) in [6.45, 7) is 0. The van der Waals surface area contributed by atoms with Gasteiger partial charge in [-0.1, -0.05) is 60.7 Å². The van der Waals surface area contributed by atoms with Crippen molar-refractivity contribution >= 4 is 17.7 Å².